The van der Waals surface area contributed by atoms with E-state index in [2.05, 4.69) is 17.2 Å². The molecule has 0 aliphatic rings. The Kier molecular flexibility index (Phi) is 5.46. The molecule has 0 aromatic carbocycles. The second-order valence-electron chi connectivity index (χ2n) is 3.93. The van der Waals surface area contributed by atoms with Crippen LogP contribution in [-0.2, 0) is 9.53 Å². The van der Waals surface area contributed by atoms with Crippen LogP contribution >= 0.6 is 0 Å². The average molecular weight is 211 g/mol. The number of hydrogen-bond acceptors (Lipinski definition) is 3. The summed E-state index contributed by atoms with van der Waals surface area (Å²) in [5.41, 5.74) is -0.553. The molecule has 0 aliphatic carbocycles. The number of alkyl carbamates (subject to hydrolysis) is 1. The van der Waals surface area contributed by atoms with Gasteiger partial charge in [0.05, 0.1) is 6.54 Å². The first-order valence-corrected chi connectivity index (χ1v) is 4.83. The molecule has 0 heterocycles. The lowest BCUT2D eigenvalue weighted by Crippen LogP contribution is -2.35. The van der Waals surface area contributed by atoms with Gasteiger partial charge in [-0.1, -0.05) is 12.8 Å². The molecule has 1 N–H and O–H groups in total. The lowest BCUT2D eigenvalue weighted by Gasteiger charge is -2.19. The van der Waals surface area contributed by atoms with Gasteiger partial charge in [0, 0.05) is 6.42 Å². The third-order valence-corrected chi connectivity index (χ3v) is 1.20. The molecule has 15 heavy (non-hydrogen) atoms. The summed E-state index contributed by atoms with van der Waals surface area (Å²) >= 11 is 0. The highest BCUT2D eigenvalue weighted by Crippen LogP contribution is 2.05. The van der Waals surface area contributed by atoms with E-state index < -0.39 is 11.7 Å². The number of carbonyl (C=O) groups is 2. The molecule has 0 saturated heterocycles. The van der Waals surface area contributed by atoms with Crippen LogP contribution in [-0.4, -0.2) is 24.0 Å². The van der Waals surface area contributed by atoms with Crippen LogP contribution < -0.4 is 5.32 Å². The van der Waals surface area contributed by atoms with E-state index in [1.165, 1.54) is 0 Å². The summed E-state index contributed by atoms with van der Waals surface area (Å²) < 4.78 is 4.94. The Labute approximate surface area is 90.4 Å². The molecule has 0 bridgehead atoms. The van der Waals surface area contributed by atoms with Gasteiger partial charge in [-0.3, -0.25) is 4.79 Å². The summed E-state index contributed by atoms with van der Waals surface area (Å²) in [6.07, 6.45) is 0.0206. The molecule has 0 saturated carbocycles. The minimum atomic E-state index is -0.603. The Morgan fingerprint density at radius 1 is 1.33 bits per heavy atom. The zero-order valence-corrected chi connectivity index (χ0v) is 9.64. The van der Waals surface area contributed by atoms with E-state index in [0.717, 1.165) is 0 Å². The van der Waals surface area contributed by atoms with Crippen LogP contribution in [0.1, 0.15) is 34.1 Å². The van der Waals surface area contributed by atoms with Gasteiger partial charge in [-0.2, -0.15) is 0 Å². The standard InChI is InChI=1S/C11H17NO3/c1-5-6-7-9(13)8-12-10(14)15-11(2,3)4/h5,8H2,1-4H3,(H,12,14). The van der Waals surface area contributed by atoms with Crippen LogP contribution in [0.5, 0.6) is 0 Å². The van der Waals surface area contributed by atoms with Gasteiger partial charge in [0.2, 0.25) is 5.78 Å². The zero-order valence-electron chi connectivity index (χ0n) is 9.64. The van der Waals surface area contributed by atoms with Crippen molar-refractivity contribution in [1.82, 2.24) is 5.32 Å². The summed E-state index contributed by atoms with van der Waals surface area (Å²) in [6.45, 7) is 7.01. The first-order valence-electron chi connectivity index (χ1n) is 4.83. The summed E-state index contributed by atoms with van der Waals surface area (Å²) in [5.74, 6) is 4.70. The number of carbonyl (C=O) groups excluding carboxylic acids is 2. The molecule has 0 atom stereocenters. The second kappa shape index (κ2) is 6.07. The van der Waals surface area contributed by atoms with Gasteiger partial charge in [0.25, 0.3) is 0 Å². The minimum absolute atomic E-state index is 0.109. The molecule has 0 aromatic rings. The van der Waals surface area contributed by atoms with Gasteiger partial charge in [0.1, 0.15) is 5.60 Å². The Hall–Kier alpha value is -1.50. The van der Waals surface area contributed by atoms with Gasteiger partial charge in [-0.15, -0.1) is 0 Å². The largest absolute Gasteiger partial charge is 0.444 e. The van der Waals surface area contributed by atoms with Crippen molar-refractivity contribution in [3.05, 3.63) is 0 Å². The molecule has 1 amide bonds. The Morgan fingerprint density at radius 2 is 1.93 bits per heavy atom. The van der Waals surface area contributed by atoms with Gasteiger partial charge < -0.3 is 10.1 Å². The fraction of sp³-hybridized carbons (Fsp3) is 0.636. The number of hydrogen-bond donors (Lipinski definition) is 1. The monoisotopic (exact) mass is 211 g/mol. The van der Waals surface area contributed by atoms with Crippen molar-refractivity contribution in [2.45, 2.75) is 39.7 Å². The maximum absolute atomic E-state index is 11.1. The van der Waals surface area contributed by atoms with Gasteiger partial charge >= 0.3 is 6.09 Å². The molecule has 4 heteroatoms. The van der Waals surface area contributed by atoms with E-state index in [9.17, 15) is 9.59 Å². The van der Waals surface area contributed by atoms with E-state index in [1.807, 2.05) is 6.92 Å². The lowest BCUT2D eigenvalue weighted by atomic mass is 10.2. The number of amides is 1. The molecule has 0 radical (unpaired) electrons. The highest BCUT2D eigenvalue weighted by atomic mass is 16.6. The Balaban J connectivity index is 3.87. The molecule has 4 nitrogen and oxygen atoms in total. The van der Waals surface area contributed by atoms with Gasteiger partial charge in [-0.05, 0) is 26.7 Å². The third kappa shape index (κ3) is 8.82. The Morgan fingerprint density at radius 3 is 2.40 bits per heavy atom. The smallest absolute Gasteiger partial charge is 0.408 e. The van der Waals surface area contributed by atoms with Crippen molar-refractivity contribution >= 4 is 11.9 Å². The number of ether oxygens (including phenoxy) is 1. The van der Waals surface area contributed by atoms with Crippen molar-refractivity contribution in [3.8, 4) is 11.8 Å². The second-order valence-corrected chi connectivity index (χ2v) is 3.93. The molecule has 0 unspecified atom stereocenters. The van der Waals surface area contributed by atoms with E-state index in [0.29, 0.717) is 6.42 Å². The number of ketones is 1. The van der Waals surface area contributed by atoms with Crippen molar-refractivity contribution in [3.63, 3.8) is 0 Å². The molecule has 0 rings (SSSR count). The maximum Gasteiger partial charge on any atom is 0.408 e. The van der Waals surface area contributed by atoms with Crippen molar-refractivity contribution in [2.75, 3.05) is 6.54 Å². The van der Waals surface area contributed by atoms with Gasteiger partial charge in [0.15, 0.2) is 0 Å². The minimum Gasteiger partial charge on any atom is -0.444 e. The van der Waals surface area contributed by atoms with Crippen LogP contribution in [0.3, 0.4) is 0 Å². The number of nitrogens with one attached hydrogen (secondary N) is 1. The summed E-state index contributed by atoms with van der Waals surface area (Å²) in [5, 5.41) is 2.33. The Bertz CT molecular complexity index is 291. The molecular weight excluding hydrogens is 194 g/mol. The van der Waals surface area contributed by atoms with E-state index in [-0.39, 0.29) is 12.3 Å². The van der Waals surface area contributed by atoms with Crippen LogP contribution in [0.4, 0.5) is 4.79 Å². The van der Waals surface area contributed by atoms with Crippen molar-refractivity contribution < 1.29 is 14.3 Å². The fourth-order valence-electron chi connectivity index (χ4n) is 0.698. The fourth-order valence-corrected chi connectivity index (χ4v) is 0.698. The number of rotatable bonds is 2. The predicted octanol–water partition coefficient (Wildman–Crippen LogP) is 1.49. The van der Waals surface area contributed by atoms with Gasteiger partial charge in [-0.25, -0.2) is 4.79 Å². The van der Waals surface area contributed by atoms with Crippen molar-refractivity contribution in [1.29, 1.82) is 0 Å². The lowest BCUT2D eigenvalue weighted by molar-refractivity contribution is -0.113. The first kappa shape index (κ1) is 13.5. The van der Waals surface area contributed by atoms with Crippen LogP contribution in [0.15, 0.2) is 0 Å². The molecular formula is C11H17NO3. The van der Waals surface area contributed by atoms with Crippen molar-refractivity contribution in [2.24, 2.45) is 0 Å². The predicted molar refractivity (Wildman–Crippen MR) is 57.3 cm³/mol. The molecule has 0 fully saturated rings. The highest BCUT2D eigenvalue weighted by Gasteiger charge is 2.15. The maximum atomic E-state index is 11.1. The average Bonchev–Trinajstić information content (AvgIpc) is 2.08. The van der Waals surface area contributed by atoms with E-state index in [1.54, 1.807) is 20.8 Å². The zero-order chi connectivity index (χ0) is 11.9. The van der Waals surface area contributed by atoms with Crippen LogP contribution in [0.2, 0.25) is 0 Å². The highest BCUT2D eigenvalue weighted by molar-refractivity contribution is 5.98. The van der Waals surface area contributed by atoms with E-state index in [4.69, 9.17) is 4.74 Å². The topological polar surface area (TPSA) is 55.4 Å². The summed E-state index contributed by atoms with van der Waals surface area (Å²) in [4.78, 5) is 22.1. The van der Waals surface area contributed by atoms with Crippen LogP contribution in [0, 0.1) is 11.8 Å². The molecule has 0 aromatic heterocycles. The SMILES string of the molecule is CCC#CC(=O)CNC(=O)OC(C)(C)C. The third-order valence-electron chi connectivity index (χ3n) is 1.20. The molecule has 84 valence electrons. The first-order chi connectivity index (χ1) is 6.85. The summed E-state index contributed by atoms with van der Waals surface area (Å²) in [6, 6.07) is 0. The van der Waals surface area contributed by atoms with E-state index >= 15 is 0 Å². The quantitative estimate of drug-likeness (QED) is 0.556. The molecule has 0 aliphatic heterocycles. The van der Waals surface area contributed by atoms with Crippen LogP contribution in [0.25, 0.3) is 0 Å². The normalized spacial score (nSPS) is 9.87. The summed E-state index contributed by atoms with van der Waals surface area (Å²) in [7, 11) is 0. The number of Topliss-reactive ketones (excluding diaryl/α,β-unsaturated/α-hetero) is 1. The molecule has 0 spiro atoms.